The van der Waals surface area contributed by atoms with Crippen molar-refractivity contribution in [3.63, 3.8) is 0 Å². The summed E-state index contributed by atoms with van der Waals surface area (Å²) in [6.45, 7) is 9.45. The summed E-state index contributed by atoms with van der Waals surface area (Å²) < 4.78 is 5.54. The van der Waals surface area contributed by atoms with Gasteiger partial charge in [-0.2, -0.15) is 0 Å². The Labute approximate surface area is 147 Å². The zero-order valence-corrected chi connectivity index (χ0v) is 15.2. The van der Waals surface area contributed by atoms with Gasteiger partial charge in [0.2, 0.25) is 0 Å². The van der Waals surface area contributed by atoms with Crippen LogP contribution >= 0.6 is 0 Å². The second-order valence-electron chi connectivity index (χ2n) is 6.80. The molecular weight excluding hydrogens is 318 g/mol. The zero-order chi connectivity index (χ0) is 18.4. The van der Waals surface area contributed by atoms with Gasteiger partial charge in [-0.15, -0.1) is 0 Å². The van der Waals surface area contributed by atoms with Gasteiger partial charge in [0.05, 0.1) is 12.6 Å². The molecule has 3 rings (SSSR count). The van der Waals surface area contributed by atoms with Crippen LogP contribution in [0.3, 0.4) is 0 Å². The second-order valence-corrected chi connectivity index (χ2v) is 6.80. The van der Waals surface area contributed by atoms with E-state index in [1.54, 1.807) is 13.2 Å². The van der Waals surface area contributed by atoms with E-state index in [0.29, 0.717) is 5.75 Å². The smallest absolute Gasteiger partial charge is 0.326 e. The number of hydrogen-bond donors (Lipinski definition) is 2. The number of anilines is 1. The highest BCUT2D eigenvalue weighted by Gasteiger charge is 2.31. The summed E-state index contributed by atoms with van der Waals surface area (Å²) in [6.07, 6.45) is 3.88. The minimum absolute atomic E-state index is 0.0872. The van der Waals surface area contributed by atoms with Crippen molar-refractivity contribution in [2.45, 2.75) is 33.2 Å². The van der Waals surface area contributed by atoms with Gasteiger partial charge in [-0.05, 0) is 45.4 Å². The maximum absolute atomic E-state index is 11.8. The lowest BCUT2D eigenvalue weighted by Crippen LogP contribution is -2.44. The largest absolute Gasteiger partial charge is 0.496 e. The Kier molecular flexibility index (Phi) is 4.06. The van der Waals surface area contributed by atoms with E-state index in [9.17, 15) is 9.59 Å². The summed E-state index contributed by atoms with van der Waals surface area (Å²) in [5.41, 5.74) is 4.25. The highest BCUT2D eigenvalue weighted by Crippen LogP contribution is 2.42. The molecule has 1 fully saturated rings. The molecule has 2 aliphatic rings. The fourth-order valence-corrected chi connectivity index (χ4v) is 3.63. The van der Waals surface area contributed by atoms with Crippen molar-refractivity contribution in [2.75, 3.05) is 18.6 Å². The van der Waals surface area contributed by atoms with Gasteiger partial charge in [-0.25, -0.2) is 4.79 Å². The molecule has 6 heteroatoms. The number of benzene rings is 1. The first-order chi connectivity index (χ1) is 11.8. The maximum Gasteiger partial charge on any atom is 0.326 e. The van der Waals surface area contributed by atoms with Crippen LogP contribution in [-0.4, -0.2) is 31.1 Å². The number of likely N-dealkylation sites (N-methyl/N-ethyl adjacent to an activating group) is 1. The van der Waals surface area contributed by atoms with Gasteiger partial charge in [-0.3, -0.25) is 10.1 Å². The molecule has 1 aromatic carbocycles. The molecule has 0 atom stereocenters. The van der Waals surface area contributed by atoms with Gasteiger partial charge in [0.15, 0.2) is 0 Å². The third-order valence-corrected chi connectivity index (χ3v) is 4.67. The van der Waals surface area contributed by atoms with Crippen molar-refractivity contribution in [2.24, 2.45) is 0 Å². The number of nitrogens with zero attached hydrogens (tertiary/aromatic N) is 1. The molecule has 0 aromatic heterocycles. The van der Waals surface area contributed by atoms with Crippen LogP contribution in [0.25, 0.3) is 11.6 Å². The Balaban J connectivity index is 2.15. The molecule has 0 saturated carbocycles. The van der Waals surface area contributed by atoms with E-state index < -0.39 is 11.9 Å². The molecule has 1 saturated heterocycles. The van der Waals surface area contributed by atoms with Crippen LogP contribution in [0.2, 0.25) is 0 Å². The molecule has 2 aliphatic heterocycles. The van der Waals surface area contributed by atoms with Crippen molar-refractivity contribution >= 4 is 29.3 Å². The fourth-order valence-electron chi connectivity index (χ4n) is 3.63. The molecule has 0 radical (unpaired) electrons. The Hall–Kier alpha value is -2.76. The number of imide groups is 1. The van der Waals surface area contributed by atoms with Crippen LogP contribution < -0.4 is 20.3 Å². The highest BCUT2D eigenvalue weighted by molar-refractivity contribution is 6.14. The first-order valence-corrected chi connectivity index (χ1v) is 8.30. The number of ether oxygens (including phenoxy) is 1. The van der Waals surface area contributed by atoms with Gasteiger partial charge >= 0.3 is 6.03 Å². The standard InChI is InChI=1S/C19H23N3O3/c1-6-22-15-9-16(25-5)12(8-14-17(23)21-18(24)20-14)7-13(15)11(2)10-19(22,3)4/h7-10H,6H2,1-5H3,(H2,20,21,23,24)/b14-8-. The normalized spacial score (nSPS) is 20.1. The summed E-state index contributed by atoms with van der Waals surface area (Å²) >= 11 is 0. The van der Waals surface area contributed by atoms with E-state index in [1.807, 2.05) is 12.1 Å². The molecule has 0 bridgehead atoms. The lowest BCUT2D eigenvalue weighted by molar-refractivity contribution is -0.115. The van der Waals surface area contributed by atoms with Crippen LogP contribution in [0.1, 0.15) is 38.8 Å². The molecule has 132 valence electrons. The minimum Gasteiger partial charge on any atom is -0.496 e. The van der Waals surface area contributed by atoms with Gasteiger partial charge in [-0.1, -0.05) is 6.08 Å². The molecule has 0 spiro atoms. The summed E-state index contributed by atoms with van der Waals surface area (Å²) in [4.78, 5) is 25.4. The molecule has 1 aromatic rings. The Morgan fingerprint density at radius 3 is 2.52 bits per heavy atom. The molecule has 25 heavy (non-hydrogen) atoms. The van der Waals surface area contributed by atoms with Crippen LogP contribution in [-0.2, 0) is 4.79 Å². The van der Waals surface area contributed by atoms with E-state index in [-0.39, 0.29) is 11.2 Å². The monoisotopic (exact) mass is 341 g/mol. The number of allylic oxidation sites excluding steroid dienone is 1. The number of carbonyl (C=O) groups is 2. The van der Waals surface area contributed by atoms with Crippen molar-refractivity contribution in [3.8, 4) is 5.75 Å². The Morgan fingerprint density at radius 2 is 1.96 bits per heavy atom. The van der Waals surface area contributed by atoms with Gasteiger partial charge in [0.25, 0.3) is 5.91 Å². The Morgan fingerprint density at radius 1 is 1.24 bits per heavy atom. The number of hydrogen-bond acceptors (Lipinski definition) is 4. The number of nitrogens with one attached hydrogen (secondary N) is 2. The number of carbonyl (C=O) groups excluding carboxylic acids is 2. The molecule has 0 aliphatic carbocycles. The molecule has 6 nitrogen and oxygen atoms in total. The minimum atomic E-state index is -0.511. The number of rotatable bonds is 3. The van der Waals surface area contributed by atoms with E-state index in [4.69, 9.17) is 4.74 Å². The maximum atomic E-state index is 11.8. The summed E-state index contributed by atoms with van der Waals surface area (Å²) in [6, 6.07) is 3.49. The highest BCUT2D eigenvalue weighted by atomic mass is 16.5. The van der Waals surface area contributed by atoms with Crippen molar-refractivity contribution in [3.05, 3.63) is 35.0 Å². The van der Waals surface area contributed by atoms with Gasteiger partial charge < -0.3 is 15.0 Å². The van der Waals surface area contributed by atoms with Gasteiger partial charge in [0, 0.05) is 29.4 Å². The number of urea groups is 1. The lowest BCUT2D eigenvalue weighted by Gasteiger charge is -2.43. The van der Waals surface area contributed by atoms with Crippen LogP contribution in [0, 0.1) is 0 Å². The first kappa shape index (κ1) is 17.1. The fraction of sp³-hybridized carbons (Fsp3) is 0.368. The summed E-state index contributed by atoms with van der Waals surface area (Å²) in [5, 5.41) is 4.71. The first-order valence-electron chi connectivity index (χ1n) is 8.30. The predicted octanol–water partition coefficient (Wildman–Crippen LogP) is 2.90. The molecule has 2 N–H and O–H groups in total. The van der Waals surface area contributed by atoms with Crippen molar-refractivity contribution in [1.29, 1.82) is 0 Å². The second kappa shape index (κ2) is 5.95. The van der Waals surface area contributed by atoms with Gasteiger partial charge in [0.1, 0.15) is 11.4 Å². The Bertz CT molecular complexity index is 821. The van der Waals surface area contributed by atoms with E-state index in [1.165, 1.54) is 5.57 Å². The van der Waals surface area contributed by atoms with Crippen LogP contribution in [0.15, 0.2) is 23.9 Å². The van der Waals surface area contributed by atoms with E-state index >= 15 is 0 Å². The average molecular weight is 341 g/mol. The third-order valence-electron chi connectivity index (χ3n) is 4.67. The number of fused-ring (bicyclic) bond motifs is 1. The van der Waals surface area contributed by atoms with E-state index in [2.05, 4.69) is 49.3 Å². The zero-order valence-electron chi connectivity index (χ0n) is 15.2. The predicted molar refractivity (Wildman–Crippen MR) is 98.4 cm³/mol. The summed E-state index contributed by atoms with van der Waals surface area (Å²) in [7, 11) is 1.60. The molecule has 2 heterocycles. The average Bonchev–Trinajstić information content (AvgIpc) is 2.84. The van der Waals surface area contributed by atoms with Crippen molar-refractivity contribution < 1.29 is 14.3 Å². The molecule has 3 amide bonds. The van der Waals surface area contributed by atoms with E-state index in [0.717, 1.165) is 23.4 Å². The number of methoxy groups -OCH3 is 1. The van der Waals surface area contributed by atoms with Crippen LogP contribution in [0.5, 0.6) is 5.75 Å². The lowest BCUT2D eigenvalue weighted by atomic mass is 9.87. The number of amides is 3. The third kappa shape index (κ3) is 2.88. The quantitative estimate of drug-likeness (QED) is 0.655. The topological polar surface area (TPSA) is 70.7 Å². The molecule has 0 unspecified atom stereocenters. The summed E-state index contributed by atoms with van der Waals surface area (Å²) in [5.74, 6) is 0.220. The SMILES string of the molecule is CCN1c2cc(OC)c(/C=C3\NC(=O)NC3=O)cc2C(C)=CC1(C)C. The molecular formula is C19H23N3O3. The van der Waals surface area contributed by atoms with Crippen LogP contribution in [0.4, 0.5) is 10.5 Å². The van der Waals surface area contributed by atoms with Crippen molar-refractivity contribution in [1.82, 2.24) is 10.6 Å².